The predicted octanol–water partition coefficient (Wildman–Crippen LogP) is 4.99. The van der Waals surface area contributed by atoms with Crippen LogP contribution in [0.5, 0.6) is 5.75 Å². The van der Waals surface area contributed by atoms with E-state index in [4.69, 9.17) is 0 Å². The molecule has 8 heteroatoms. The molecule has 4 N–H and O–H groups in total. The van der Waals surface area contributed by atoms with E-state index in [2.05, 4.69) is 15.5 Å². The molecule has 1 heterocycles. The van der Waals surface area contributed by atoms with Gasteiger partial charge in [-0.1, -0.05) is 43.5 Å². The lowest BCUT2D eigenvalue weighted by Gasteiger charge is -2.47. The van der Waals surface area contributed by atoms with E-state index in [1.807, 2.05) is 51.1 Å². The first-order chi connectivity index (χ1) is 19.0. The first kappa shape index (κ1) is 30.4. The van der Waals surface area contributed by atoms with Crippen molar-refractivity contribution < 1.29 is 21.2 Å². The van der Waals surface area contributed by atoms with Crippen LogP contribution in [-0.4, -0.2) is 69.5 Å². The number of phenolic OH excluding ortho intramolecular Hbond substituents is 1. The Morgan fingerprint density at radius 2 is 1.77 bits per heavy atom. The van der Waals surface area contributed by atoms with Crippen molar-refractivity contribution in [3.8, 4) is 5.75 Å². The van der Waals surface area contributed by atoms with Gasteiger partial charge in [0, 0.05) is 41.8 Å². The molecule has 0 aromatic heterocycles. The monoisotopic (exact) mass is 569 g/mol. The summed E-state index contributed by atoms with van der Waals surface area (Å²) in [6.45, 7) is 8.76. The van der Waals surface area contributed by atoms with Crippen LogP contribution >= 0.6 is 11.8 Å². The van der Waals surface area contributed by atoms with Crippen molar-refractivity contribution in [1.29, 1.82) is 0 Å². The van der Waals surface area contributed by atoms with Gasteiger partial charge in [-0.15, -0.1) is 11.8 Å². The third-order valence-corrected chi connectivity index (χ3v) is 9.36. The number of rotatable bonds is 9. The number of aromatic hydroxyl groups is 1. The molecule has 2 fully saturated rings. The predicted molar refractivity (Wildman–Crippen MR) is 163 cm³/mol. The van der Waals surface area contributed by atoms with E-state index in [9.17, 15) is 19.8 Å². The number of benzene rings is 2. The Kier molecular flexibility index (Phi) is 10.2. The number of amides is 2. The summed E-state index contributed by atoms with van der Waals surface area (Å²) in [6.07, 6.45) is 4.67. The summed E-state index contributed by atoms with van der Waals surface area (Å²) in [5.74, 6) is 1.27. The van der Waals surface area contributed by atoms with Gasteiger partial charge in [0.2, 0.25) is 5.91 Å². The minimum Gasteiger partial charge on any atom is -0.508 e. The highest BCUT2D eigenvalue weighted by Gasteiger charge is 2.41. The maximum absolute atomic E-state index is 13.5. The lowest BCUT2D eigenvalue weighted by atomic mass is 9.72. The third kappa shape index (κ3) is 8.02. The van der Waals surface area contributed by atoms with E-state index in [1.165, 1.54) is 12.8 Å². The molecule has 1 aliphatic carbocycles. The van der Waals surface area contributed by atoms with Crippen molar-refractivity contribution in [2.24, 2.45) is 11.8 Å². The summed E-state index contributed by atoms with van der Waals surface area (Å²) < 4.78 is 0. The number of carbonyl (C=O) groups is 2. The Labute approximate surface area is 244 Å². The molecule has 40 heavy (non-hydrogen) atoms. The Morgan fingerprint density at radius 1 is 1.07 bits per heavy atom. The fourth-order valence-corrected chi connectivity index (χ4v) is 7.09. The van der Waals surface area contributed by atoms with E-state index >= 15 is 0 Å². The number of nitrogens with one attached hydrogen (secondary N) is 2. The van der Waals surface area contributed by atoms with Gasteiger partial charge in [-0.2, -0.15) is 0 Å². The van der Waals surface area contributed by atoms with E-state index in [0.29, 0.717) is 35.3 Å². The molecular formula is C32H47N3O4S. The van der Waals surface area contributed by atoms with Crippen LogP contribution in [0.2, 0.25) is 0 Å². The number of hydrogen-bond donors (Lipinski definition) is 4. The lowest BCUT2D eigenvalue weighted by molar-refractivity contribution is -0.132. The smallest absolute Gasteiger partial charge is 0.252 e. The molecule has 220 valence electrons. The molecule has 2 aliphatic rings. The summed E-state index contributed by atoms with van der Waals surface area (Å²) in [4.78, 5) is 30.0. The van der Waals surface area contributed by atoms with Gasteiger partial charge in [-0.05, 0) is 76.6 Å². The van der Waals surface area contributed by atoms with E-state index in [1.54, 1.807) is 36.9 Å². The van der Waals surface area contributed by atoms with Gasteiger partial charge in [0.15, 0.2) is 0 Å². The molecule has 4 rings (SSSR count). The van der Waals surface area contributed by atoms with Crippen molar-refractivity contribution >= 4 is 23.6 Å². The quantitative estimate of drug-likeness (QED) is 0.317. The fourth-order valence-electron chi connectivity index (χ4n) is 6.06. The molecule has 2 aromatic carbocycles. The maximum Gasteiger partial charge on any atom is 0.252 e. The van der Waals surface area contributed by atoms with Crippen LogP contribution in [0.3, 0.4) is 0 Å². The van der Waals surface area contributed by atoms with Crippen LogP contribution in [0.25, 0.3) is 0 Å². The van der Waals surface area contributed by atoms with Crippen molar-refractivity contribution in [1.82, 2.24) is 15.5 Å². The standard InChI is InChI=1S/C32H45N3O4S.H2/c1-21-25(15-10-16-28(21)36)30(38)33-26(20-40-24-13-6-5-7-14-24)29(37)19-35-18-23-12-9-8-11-22(23)17-27(35)31(39)34-32(2,3)4;/h5-7,10,13-16,22-23,26-27,29,36-37H,8-9,11-12,17-20H2,1-4H3,(H,33,38)(H,34,39);1H/t22-,23+,26-,27-,29+;/m0./s1. The SMILES string of the molecule is Cc1c(O)cccc1C(=O)N[C@@H](CSc1ccccc1)[C@H](O)CN1C[C@H]2CCCC[C@H]2C[C@H]1C(=O)NC(C)(C)C.[HH]. The number of hydrogen-bond acceptors (Lipinski definition) is 6. The number of aliphatic hydroxyl groups excluding tert-OH is 1. The van der Waals surface area contributed by atoms with Crippen LogP contribution in [0.4, 0.5) is 0 Å². The Balaban J connectivity index is 0.00000462. The zero-order chi connectivity index (χ0) is 28.9. The van der Waals surface area contributed by atoms with Crippen LogP contribution in [0, 0.1) is 18.8 Å². The molecular weight excluding hydrogens is 522 g/mol. The molecule has 7 nitrogen and oxygen atoms in total. The lowest BCUT2D eigenvalue weighted by Crippen LogP contribution is -2.60. The highest BCUT2D eigenvalue weighted by Crippen LogP contribution is 2.39. The summed E-state index contributed by atoms with van der Waals surface area (Å²) in [6, 6.07) is 13.9. The maximum atomic E-state index is 13.5. The van der Waals surface area contributed by atoms with Gasteiger partial charge in [0.1, 0.15) is 5.75 Å². The van der Waals surface area contributed by atoms with Crippen LogP contribution in [0.1, 0.15) is 70.2 Å². The zero-order valence-electron chi connectivity index (χ0n) is 24.2. The van der Waals surface area contributed by atoms with Gasteiger partial charge in [-0.25, -0.2) is 0 Å². The molecule has 1 aliphatic heterocycles. The molecule has 2 aromatic rings. The second kappa shape index (κ2) is 13.4. The Hall–Kier alpha value is -2.55. The molecule has 2 amide bonds. The number of piperidine rings is 1. The highest BCUT2D eigenvalue weighted by atomic mass is 32.2. The van der Waals surface area contributed by atoms with Crippen molar-refractivity contribution in [3.05, 3.63) is 59.7 Å². The summed E-state index contributed by atoms with van der Waals surface area (Å²) in [7, 11) is 0. The fraction of sp³-hybridized carbons (Fsp3) is 0.562. The first-order valence-electron chi connectivity index (χ1n) is 14.5. The number of likely N-dealkylation sites (tertiary alicyclic amines) is 1. The van der Waals surface area contributed by atoms with Crippen LogP contribution in [0.15, 0.2) is 53.4 Å². The zero-order valence-corrected chi connectivity index (χ0v) is 25.0. The molecule has 0 bridgehead atoms. The normalized spacial score (nSPS) is 23.1. The average molecular weight is 570 g/mol. The summed E-state index contributed by atoms with van der Waals surface area (Å²) >= 11 is 1.57. The molecule has 1 saturated carbocycles. The number of nitrogens with zero attached hydrogens (tertiary/aromatic N) is 1. The minimum absolute atomic E-state index is 0. The van der Waals surface area contributed by atoms with Gasteiger partial charge in [0.25, 0.3) is 5.91 Å². The number of β-amino-alcohol motifs (C(OH)–C–C–N with tert-alkyl or cyclic N) is 1. The van der Waals surface area contributed by atoms with E-state index in [0.717, 1.165) is 30.7 Å². The van der Waals surface area contributed by atoms with Crippen molar-refractivity contribution in [2.45, 2.75) is 88.4 Å². The van der Waals surface area contributed by atoms with Gasteiger partial charge in [0.05, 0.1) is 18.2 Å². The number of aliphatic hydroxyl groups is 1. The van der Waals surface area contributed by atoms with Gasteiger partial charge < -0.3 is 20.8 Å². The highest BCUT2D eigenvalue weighted by molar-refractivity contribution is 7.99. The number of carbonyl (C=O) groups excluding carboxylic acids is 2. The van der Waals surface area contributed by atoms with Crippen LogP contribution < -0.4 is 10.6 Å². The van der Waals surface area contributed by atoms with Crippen molar-refractivity contribution in [2.75, 3.05) is 18.8 Å². The molecule has 0 unspecified atom stereocenters. The second-order valence-electron chi connectivity index (χ2n) is 12.5. The van der Waals surface area contributed by atoms with Crippen LogP contribution in [-0.2, 0) is 4.79 Å². The van der Waals surface area contributed by atoms with Gasteiger partial charge >= 0.3 is 0 Å². The largest absolute Gasteiger partial charge is 0.508 e. The summed E-state index contributed by atoms with van der Waals surface area (Å²) in [5, 5.41) is 28.0. The molecule has 0 radical (unpaired) electrons. The van der Waals surface area contributed by atoms with E-state index < -0.39 is 12.1 Å². The number of phenols is 1. The minimum atomic E-state index is -0.886. The van der Waals surface area contributed by atoms with Crippen molar-refractivity contribution in [3.63, 3.8) is 0 Å². The second-order valence-corrected chi connectivity index (χ2v) is 13.6. The first-order valence-corrected chi connectivity index (χ1v) is 15.5. The number of thioether (sulfide) groups is 1. The molecule has 0 spiro atoms. The molecule has 5 atom stereocenters. The average Bonchev–Trinajstić information content (AvgIpc) is 2.91. The summed E-state index contributed by atoms with van der Waals surface area (Å²) in [5.41, 5.74) is 0.543. The Bertz CT molecular complexity index is 1160. The Morgan fingerprint density at radius 3 is 2.48 bits per heavy atom. The number of fused-ring (bicyclic) bond motifs is 1. The van der Waals surface area contributed by atoms with Gasteiger partial charge in [-0.3, -0.25) is 14.5 Å². The third-order valence-electron chi connectivity index (χ3n) is 8.23. The molecule has 1 saturated heterocycles. The van der Waals surface area contributed by atoms with E-state index in [-0.39, 0.29) is 30.6 Å². The topological polar surface area (TPSA) is 102 Å².